The lowest BCUT2D eigenvalue weighted by atomic mass is 9.92. The van der Waals surface area contributed by atoms with Crippen LogP contribution >= 0.6 is 0 Å². The molecule has 2 atom stereocenters. The number of halogens is 1. The van der Waals surface area contributed by atoms with Gasteiger partial charge >= 0.3 is 6.03 Å². The average molecular weight is 387 g/mol. The van der Waals surface area contributed by atoms with Crippen LogP contribution in [0.25, 0.3) is 0 Å². The molecule has 1 aromatic heterocycles. The Morgan fingerprint density at radius 2 is 1.96 bits per heavy atom. The molecular weight excluding hydrogens is 365 g/mol. The summed E-state index contributed by atoms with van der Waals surface area (Å²) in [5.74, 6) is -1.04. The summed E-state index contributed by atoms with van der Waals surface area (Å²) in [6.45, 7) is 5.05. The van der Waals surface area contributed by atoms with Crippen molar-refractivity contribution in [3.8, 4) is 0 Å². The Morgan fingerprint density at radius 3 is 2.61 bits per heavy atom. The lowest BCUT2D eigenvalue weighted by Gasteiger charge is -2.22. The zero-order valence-electron chi connectivity index (χ0n) is 15.9. The molecule has 0 aliphatic carbocycles. The molecule has 9 heteroatoms. The van der Waals surface area contributed by atoms with Crippen LogP contribution < -0.4 is 10.6 Å². The van der Waals surface area contributed by atoms with Gasteiger partial charge in [-0.05, 0) is 38.0 Å². The van der Waals surface area contributed by atoms with E-state index in [1.807, 2.05) is 13.8 Å². The van der Waals surface area contributed by atoms with Crippen LogP contribution in [-0.4, -0.2) is 39.1 Å². The molecule has 3 rings (SSSR count). The predicted molar refractivity (Wildman–Crippen MR) is 99.9 cm³/mol. The fourth-order valence-electron chi connectivity index (χ4n) is 3.08. The van der Waals surface area contributed by atoms with Crippen molar-refractivity contribution < 1.29 is 18.8 Å². The molecule has 8 nitrogen and oxygen atoms in total. The van der Waals surface area contributed by atoms with Gasteiger partial charge in [0.15, 0.2) is 0 Å². The molecule has 0 spiro atoms. The largest absolute Gasteiger partial charge is 0.325 e. The van der Waals surface area contributed by atoms with Gasteiger partial charge in [-0.3, -0.25) is 14.5 Å². The number of urea groups is 1. The predicted octanol–water partition coefficient (Wildman–Crippen LogP) is 2.40. The van der Waals surface area contributed by atoms with E-state index in [-0.39, 0.29) is 6.04 Å². The fraction of sp³-hybridized carbons (Fsp3) is 0.368. The normalized spacial score (nSPS) is 20.2. The first-order valence-corrected chi connectivity index (χ1v) is 8.99. The van der Waals surface area contributed by atoms with E-state index in [4.69, 9.17) is 0 Å². The fourth-order valence-corrected chi connectivity index (χ4v) is 3.08. The van der Waals surface area contributed by atoms with Crippen molar-refractivity contribution in [2.75, 3.05) is 11.9 Å². The Morgan fingerprint density at radius 1 is 1.29 bits per heavy atom. The number of aromatic nitrogens is 2. The van der Waals surface area contributed by atoms with Gasteiger partial charge in [-0.2, -0.15) is 5.10 Å². The van der Waals surface area contributed by atoms with Gasteiger partial charge in [0.2, 0.25) is 5.91 Å². The quantitative estimate of drug-likeness (QED) is 0.744. The molecule has 1 saturated heterocycles. The molecule has 28 heavy (non-hydrogen) atoms. The van der Waals surface area contributed by atoms with Crippen LogP contribution in [-0.2, 0) is 15.1 Å². The van der Waals surface area contributed by atoms with Crippen LogP contribution in [0, 0.1) is 5.82 Å². The van der Waals surface area contributed by atoms with Crippen LogP contribution in [0.3, 0.4) is 0 Å². The minimum Gasteiger partial charge on any atom is -0.319 e. The van der Waals surface area contributed by atoms with Crippen molar-refractivity contribution in [2.24, 2.45) is 0 Å². The standard InChI is InChI=1S/C19H22FN5O3/c1-4-12(2)25-15(9-10-21-25)22-16(26)11-24-17(27)19(3,23-18(24)28)13-5-7-14(20)8-6-13/h5-10,12H,4,11H2,1-3H3,(H,22,26)(H,23,28). The summed E-state index contributed by atoms with van der Waals surface area (Å²) >= 11 is 0. The number of nitrogens with one attached hydrogen (secondary N) is 2. The number of hydrogen-bond acceptors (Lipinski definition) is 4. The van der Waals surface area contributed by atoms with Crippen LogP contribution in [0.4, 0.5) is 15.0 Å². The first-order chi connectivity index (χ1) is 13.3. The number of amides is 4. The number of imide groups is 1. The molecule has 148 valence electrons. The summed E-state index contributed by atoms with van der Waals surface area (Å²) in [6.07, 6.45) is 2.40. The number of nitrogens with zero attached hydrogens (tertiary/aromatic N) is 3. The van der Waals surface area contributed by atoms with Crippen molar-refractivity contribution >= 4 is 23.7 Å². The van der Waals surface area contributed by atoms with E-state index in [1.165, 1.54) is 31.2 Å². The number of rotatable bonds is 6. The molecule has 1 fully saturated rings. The van der Waals surface area contributed by atoms with Crippen LogP contribution in [0.15, 0.2) is 36.5 Å². The van der Waals surface area contributed by atoms with E-state index in [0.717, 1.165) is 11.3 Å². The number of carbonyl (C=O) groups excluding carboxylic acids is 3. The van der Waals surface area contributed by atoms with Crippen molar-refractivity contribution in [1.82, 2.24) is 20.0 Å². The zero-order valence-corrected chi connectivity index (χ0v) is 15.9. The maximum Gasteiger partial charge on any atom is 0.325 e. The second kappa shape index (κ2) is 7.41. The summed E-state index contributed by atoms with van der Waals surface area (Å²) in [4.78, 5) is 38.4. The van der Waals surface area contributed by atoms with Gasteiger partial charge in [0, 0.05) is 6.07 Å². The highest BCUT2D eigenvalue weighted by molar-refractivity contribution is 6.10. The van der Waals surface area contributed by atoms with E-state index >= 15 is 0 Å². The molecule has 1 aliphatic rings. The zero-order chi connectivity index (χ0) is 20.5. The summed E-state index contributed by atoms with van der Waals surface area (Å²) in [5, 5.41) is 9.46. The highest BCUT2D eigenvalue weighted by Crippen LogP contribution is 2.29. The van der Waals surface area contributed by atoms with Crippen LogP contribution in [0.1, 0.15) is 38.8 Å². The first-order valence-electron chi connectivity index (χ1n) is 8.99. The molecule has 0 bridgehead atoms. The Balaban J connectivity index is 1.73. The molecule has 2 aromatic rings. The monoisotopic (exact) mass is 387 g/mol. The van der Waals surface area contributed by atoms with Gasteiger partial charge in [0.05, 0.1) is 12.2 Å². The minimum absolute atomic E-state index is 0.0868. The number of anilines is 1. The third-order valence-electron chi connectivity index (χ3n) is 4.94. The molecule has 1 aromatic carbocycles. The van der Waals surface area contributed by atoms with Crippen molar-refractivity contribution in [3.63, 3.8) is 0 Å². The summed E-state index contributed by atoms with van der Waals surface area (Å²) < 4.78 is 14.8. The van der Waals surface area contributed by atoms with E-state index in [1.54, 1.807) is 16.9 Å². The highest BCUT2D eigenvalue weighted by atomic mass is 19.1. The number of carbonyl (C=O) groups is 3. The molecule has 0 radical (unpaired) electrons. The lowest BCUT2D eigenvalue weighted by Crippen LogP contribution is -2.42. The summed E-state index contributed by atoms with van der Waals surface area (Å²) in [7, 11) is 0. The van der Waals surface area contributed by atoms with E-state index < -0.39 is 35.7 Å². The molecule has 4 amide bonds. The molecule has 2 unspecified atom stereocenters. The van der Waals surface area contributed by atoms with Crippen molar-refractivity contribution in [2.45, 2.75) is 38.8 Å². The highest BCUT2D eigenvalue weighted by Gasteiger charge is 2.49. The maximum atomic E-state index is 13.2. The minimum atomic E-state index is -1.36. The number of benzene rings is 1. The smallest absolute Gasteiger partial charge is 0.319 e. The molecule has 2 N–H and O–H groups in total. The van der Waals surface area contributed by atoms with Crippen molar-refractivity contribution in [3.05, 3.63) is 47.9 Å². The molecule has 0 saturated carbocycles. The van der Waals surface area contributed by atoms with Crippen molar-refractivity contribution in [1.29, 1.82) is 0 Å². The Kier molecular flexibility index (Phi) is 5.17. The molecule has 1 aliphatic heterocycles. The van der Waals surface area contributed by atoms with Crippen LogP contribution in [0.2, 0.25) is 0 Å². The first kappa shape index (κ1) is 19.5. The molecule has 2 heterocycles. The van der Waals surface area contributed by atoms with Gasteiger partial charge in [-0.25, -0.2) is 13.9 Å². The van der Waals surface area contributed by atoms with Crippen LogP contribution in [0.5, 0.6) is 0 Å². The maximum absolute atomic E-state index is 13.2. The van der Waals surface area contributed by atoms with E-state index in [2.05, 4.69) is 15.7 Å². The molecular formula is C19H22FN5O3. The Bertz CT molecular complexity index is 911. The summed E-state index contributed by atoms with van der Waals surface area (Å²) in [5.41, 5.74) is -0.922. The van der Waals surface area contributed by atoms with Gasteiger partial charge in [-0.15, -0.1) is 0 Å². The second-order valence-electron chi connectivity index (χ2n) is 6.92. The SMILES string of the molecule is CCC(C)n1nccc1NC(=O)CN1C(=O)NC(C)(c2ccc(F)cc2)C1=O. The summed E-state index contributed by atoms with van der Waals surface area (Å²) in [6, 6.07) is 6.35. The van der Waals surface area contributed by atoms with Gasteiger partial charge in [0.25, 0.3) is 5.91 Å². The van der Waals surface area contributed by atoms with Gasteiger partial charge < -0.3 is 10.6 Å². The van der Waals surface area contributed by atoms with Gasteiger partial charge in [0.1, 0.15) is 23.7 Å². The van der Waals surface area contributed by atoms with E-state index in [9.17, 15) is 18.8 Å². The van der Waals surface area contributed by atoms with E-state index in [0.29, 0.717) is 11.4 Å². The topological polar surface area (TPSA) is 96.3 Å². The second-order valence-corrected chi connectivity index (χ2v) is 6.92. The lowest BCUT2D eigenvalue weighted by molar-refractivity contribution is -0.133. The third-order valence-corrected chi connectivity index (χ3v) is 4.94. The third kappa shape index (κ3) is 3.47. The number of hydrogen-bond donors (Lipinski definition) is 2. The Labute approximate surface area is 161 Å². The average Bonchev–Trinajstić information content (AvgIpc) is 3.20. The Hall–Kier alpha value is -3.23. The van der Waals surface area contributed by atoms with Gasteiger partial charge in [-0.1, -0.05) is 19.1 Å².